The lowest BCUT2D eigenvalue weighted by atomic mass is 10.1. The zero-order valence-electron chi connectivity index (χ0n) is 10.8. The lowest BCUT2D eigenvalue weighted by Crippen LogP contribution is -2.48. The third-order valence-electron chi connectivity index (χ3n) is 3.50. The number of aliphatic hydroxyl groups is 1. The molecule has 1 atom stereocenters. The molecule has 1 saturated heterocycles. The fraction of sp³-hybridized carbons (Fsp3) is 0.500. The Bertz CT molecular complexity index is 435. The van der Waals surface area contributed by atoms with Crippen molar-refractivity contribution in [2.75, 3.05) is 39.3 Å². The van der Waals surface area contributed by atoms with Gasteiger partial charge in [0, 0.05) is 37.2 Å². The smallest absolute Gasteiger partial charge is 0.123 e. The normalized spacial score (nSPS) is 19.0. The maximum atomic E-state index is 9.41. The zero-order chi connectivity index (χ0) is 13.7. The van der Waals surface area contributed by atoms with Gasteiger partial charge in [-0.2, -0.15) is 5.26 Å². The van der Waals surface area contributed by atoms with Crippen molar-refractivity contribution in [3.8, 4) is 6.07 Å². The van der Waals surface area contributed by atoms with E-state index in [1.54, 1.807) is 0 Å². The highest BCUT2D eigenvalue weighted by atomic mass is 79.9. The van der Waals surface area contributed by atoms with Gasteiger partial charge in [-0.15, -0.1) is 0 Å². The van der Waals surface area contributed by atoms with E-state index < -0.39 is 0 Å². The molecule has 5 heteroatoms. The molecule has 0 aliphatic carbocycles. The number of aliphatic hydroxyl groups excluding tert-OH is 1. The first-order valence-electron chi connectivity index (χ1n) is 6.47. The van der Waals surface area contributed by atoms with Crippen molar-refractivity contribution in [1.82, 2.24) is 9.80 Å². The zero-order valence-corrected chi connectivity index (χ0v) is 12.4. The SMILES string of the molecule is N#CC(c1ccc(Br)cc1)N1CCN(CCO)CC1. The molecule has 0 saturated carbocycles. The van der Waals surface area contributed by atoms with Crippen LogP contribution in [0.25, 0.3) is 0 Å². The van der Waals surface area contributed by atoms with Gasteiger partial charge in [0.15, 0.2) is 0 Å². The van der Waals surface area contributed by atoms with Crippen molar-refractivity contribution in [3.05, 3.63) is 34.3 Å². The molecule has 1 N–H and O–H groups in total. The Morgan fingerprint density at radius 1 is 1.21 bits per heavy atom. The van der Waals surface area contributed by atoms with Gasteiger partial charge >= 0.3 is 0 Å². The Morgan fingerprint density at radius 3 is 2.37 bits per heavy atom. The number of piperazine rings is 1. The van der Waals surface area contributed by atoms with Crippen LogP contribution in [0.1, 0.15) is 11.6 Å². The van der Waals surface area contributed by atoms with Gasteiger partial charge in [0.2, 0.25) is 0 Å². The summed E-state index contributed by atoms with van der Waals surface area (Å²) in [4.78, 5) is 4.43. The van der Waals surface area contributed by atoms with E-state index in [4.69, 9.17) is 5.11 Å². The lowest BCUT2D eigenvalue weighted by Gasteiger charge is -2.36. The van der Waals surface area contributed by atoms with Crippen molar-refractivity contribution in [1.29, 1.82) is 5.26 Å². The summed E-state index contributed by atoms with van der Waals surface area (Å²) in [5, 5.41) is 18.3. The van der Waals surface area contributed by atoms with E-state index in [9.17, 15) is 5.26 Å². The summed E-state index contributed by atoms with van der Waals surface area (Å²) in [6.45, 7) is 4.49. The van der Waals surface area contributed by atoms with E-state index >= 15 is 0 Å². The Morgan fingerprint density at radius 2 is 1.84 bits per heavy atom. The molecule has 1 heterocycles. The predicted octanol–water partition coefficient (Wildman–Crippen LogP) is 1.62. The molecule has 1 fully saturated rings. The van der Waals surface area contributed by atoms with Gasteiger partial charge in [0.25, 0.3) is 0 Å². The van der Waals surface area contributed by atoms with Crippen LogP contribution >= 0.6 is 15.9 Å². The second-order valence-corrected chi connectivity index (χ2v) is 5.60. The summed E-state index contributed by atoms with van der Waals surface area (Å²) in [7, 11) is 0. The largest absolute Gasteiger partial charge is 0.395 e. The van der Waals surface area contributed by atoms with Crippen molar-refractivity contribution in [2.45, 2.75) is 6.04 Å². The van der Waals surface area contributed by atoms with E-state index in [2.05, 4.69) is 31.8 Å². The summed E-state index contributed by atoms with van der Waals surface area (Å²) in [6, 6.07) is 10.2. The molecule has 2 rings (SSSR count). The highest BCUT2D eigenvalue weighted by Crippen LogP contribution is 2.23. The second-order valence-electron chi connectivity index (χ2n) is 4.68. The molecule has 0 bridgehead atoms. The molecule has 0 aromatic heterocycles. The van der Waals surface area contributed by atoms with Crippen LogP contribution in [0, 0.1) is 11.3 Å². The van der Waals surface area contributed by atoms with Gasteiger partial charge in [-0.3, -0.25) is 9.80 Å². The summed E-state index contributed by atoms with van der Waals surface area (Å²) in [5.41, 5.74) is 1.04. The molecule has 19 heavy (non-hydrogen) atoms. The number of β-amino-alcohol motifs (C(OH)–C–C–N with tert-alkyl or cyclic N) is 1. The molecule has 1 unspecified atom stereocenters. The van der Waals surface area contributed by atoms with Gasteiger partial charge in [-0.25, -0.2) is 0 Å². The number of nitriles is 1. The highest BCUT2D eigenvalue weighted by molar-refractivity contribution is 9.10. The number of benzene rings is 1. The molecule has 1 aliphatic rings. The average Bonchev–Trinajstić information content (AvgIpc) is 2.44. The van der Waals surface area contributed by atoms with E-state index in [1.807, 2.05) is 24.3 Å². The number of nitrogens with zero attached hydrogens (tertiary/aromatic N) is 3. The highest BCUT2D eigenvalue weighted by Gasteiger charge is 2.24. The molecule has 0 spiro atoms. The second kappa shape index (κ2) is 7.01. The standard InChI is InChI=1S/C14H18BrN3O/c15-13-3-1-12(2-4-13)14(11-16)18-7-5-17(6-8-18)9-10-19/h1-4,14,19H,5-10H2. The van der Waals surface area contributed by atoms with E-state index in [0.717, 1.165) is 42.8 Å². The molecular formula is C14H18BrN3O. The Kier molecular flexibility index (Phi) is 5.34. The minimum Gasteiger partial charge on any atom is -0.395 e. The minimum atomic E-state index is -0.177. The monoisotopic (exact) mass is 323 g/mol. The molecule has 1 aromatic carbocycles. The number of hydrogen-bond acceptors (Lipinski definition) is 4. The number of rotatable bonds is 4. The fourth-order valence-corrected chi connectivity index (χ4v) is 2.66. The van der Waals surface area contributed by atoms with Crippen LogP contribution in [0.4, 0.5) is 0 Å². The average molecular weight is 324 g/mol. The van der Waals surface area contributed by atoms with Crippen LogP contribution in [-0.4, -0.2) is 54.2 Å². The first kappa shape index (κ1) is 14.5. The predicted molar refractivity (Wildman–Crippen MR) is 77.6 cm³/mol. The van der Waals surface area contributed by atoms with Crippen molar-refractivity contribution in [3.63, 3.8) is 0 Å². The first-order chi connectivity index (χ1) is 9.24. The first-order valence-corrected chi connectivity index (χ1v) is 7.26. The van der Waals surface area contributed by atoms with Crippen LogP contribution < -0.4 is 0 Å². The summed E-state index contributed by atoms with van der Waals surface area (Å²) in [5.74, 6) is 0. The van der Waals surface area contributed by atoms with E-state index in [0.29, 0.717) is 0 Å². The fourth-order valence-electron chi connectivity index (χ4n) is 2.40. The van der Waals surface area contributed by atoms with Gasteiger partial charge in [0.1, 0.15) is 6.04 Å². The lowest BCUT2D eigenvalue weighted by molar-refractivity contribution is 0.0982. The molecule has 102 valence electrons. The minimum absolute atomic E-state index is 0.177. The van der Waals surface area contributed by atoms with Crippen LogP contribution in [-0.2, 0) is 0 Å². The third-order valence-corrected chi connectivity index (χ3v) is 4.02. The number of hydrogen-bond donors (Lipinski definition) is 1. The van der Waals surface area contributed by atoms with Gasteiger partial charge in [-0.05, 0) is 17.7 Å². The van der Waals surface area contributed by atoms with Crippen LogP contribution in [0.15, 0.2) is 28.7 Å². The maximum Gasteiger partial charge on any atom is 0.123 e. The van der Waals surface area contributed by atoms with Gasteiger partial charge < -0.3 is 5.11 Å². The van der Waals surface area contributed by atoms with Crippen molar-refractivity contribution >= 4 is 15.9 Å². The van der Waals surface area contributed by atoms with Crippen molar-refractivity contribution < 1.29 is 5.11 Å². The Hall–Kier alpha value is -0.930. The molecule has 0 amide bonds. The molecule has 1 aromatic rings. The summed E-state index contributed by atoms with van der Waals surface area (Å²) < 4.78 is 1.03. The summed E-state index contributed by atoms with van der Waals surface area (Å²) >= 11 is 3.41. The van der Waals surface area contributed by atoms with Gasteiger partial charge in [-0.1, -0.05) is 28.1 Å². The van der Waals surface area contributed by atoms with E-state index in [1.165, 1.54) is 0 Å². The van der Waals surface area contributed by atoms with E-state index in [-0.39, 0.29) is 12.6 Å². The van der Waals surface area contributed by atoms with Crippen LogP contribution in [0.2, 0.25) is 0 Å². The topological polar surface area (TPSA) is 50.5 Å². The molecule has 0 radical (unpaired) electrons. The van der Waals surface area contributed by atoms with Crippen LogP contribution in [0.3, 0.4) is 0 Å². The van der Waals surface area contributed by atoms with Crippen molar-refractivity contribution in [2.24, 2.45) is 0 Å². The number of halogens is 1. The van der Waals surface area contributed by atoms with Crippen LogP contribution in [0.5, 0.6) is 0 Å². The summed E-state index contributed by atoms with van der Waals surface area (Å²) in [6.07, 6.45) is 0. The molecule has 4 nitrogen and oxygen atoms in total. The Labute approximate surface area is 122 Å². The van der Waals surface area contributed by atoms with Gasteiger partial charge in [0.05, 0.1) is 12.7 Å². The quantitative estimate of drug-likeness (QED) is 0.914. The third kappa shape index (κ3) is 3.77. The Balaban J connectivity index is 2.00. The maximum absolute atomic E-state index is 9.41. The molecule has 1 aliphatic heterocycles. The molecular weight excluding hydrogens is 306 g/mol.